The molecule has 3 fully saturated rings. The van der Waals surface area contributed by atoms with Gasteiger partial charge in [0.25, 0.3) is 0 Å². The fourth-order valence-electron chi connectivity index (χ4n) is 5.74. The van der Waals surface area contributed by atoms with Crippen molar-refractivity contribution < 1.29 is 27.8 Å². The molecular weight excluding hydrogens is 458 g/mol. The van der Waals surface area contributed by atoms with Gasteiger partial charge in [-0.2, -0.15) is 4.31 Å². The molecule has 9 nitrogen and oxygen atoms in total. The number of ether oxygens (including phenoxy) is 2. The van der Waals surface area contributed by atoms with E-state index in [0.29, 0.717) is 37.9 Å². The molecule has 4 aliphatic heterocycles. The maximum atomic E-state index is 13.8. The van der Waals surface area contributed by atoms with Crippen molar-refractivity contribution in [2.24, 2.45) is 0 Å². The summed E-state index contributed by atoms with van der Waals surface area (Å²) in [5.74, 6) is 0.307. The third kappa shape index (κ3) is 4.58. The first-order valence-electron chi connectivity index (χ1n) is 12.3. The molecule has 188 valence electrons. The van der Waals surface area contributed by atoms with E-state index in [1.165, 1.54) is 0 Å². The van der Waals surface area contributed by atoms with Gasteiger partial charge in [0.2, 0.25) is 15.9 Å². The second-order valence-electron chi connectivity index (χ2n) is 10.2. The van der Waals surface area contributed by atoms with E-state index in [2.05, 4.69) is 17.3 Å². The first-order valence-corrected chi connectivity index (χ1v) is 13.8. The normalized spacial score (nSPS) is 30.6. The Morgan fingerprint density at radius 3 is 2.59 bits per heavy atom. The van der Waals surface area contributed by atoms with E-state index < -0.39 is 27.7 Å². The van der Waals surface area contributed by atoms with Crippen LogP contribution in [0.2, 0.25) is 0 Å². The Morgan fingerprint density at radius 2 is 1.85 bits per heavy atom. The van der Waals surface area contributed by atoms with Crippen molar-refractivity contribution in [3.63, 3.8) is 0 Å². The summed E-state index contributed by atoms with van der Waals surface area (Å²) < 4.78 is 40.3. The Labute approximate surface area is 201 Å². The van der Waals surface area contributed by atoms with Crippen LogP contribution in [0.5, 0.6) is 5.75 Å². The van der Waals surface area contributed by atoms with E-state index in [1.54, 1.807) is 6.07 Å². The highest BCUT2D eigenvalue weighted by atomic mass is 32.2. The molecule has 1 aromatic carbocycles. The summed E-state index contributed by atoms with van der Waals surface area (Å²) in [5, 5.41) is 13.5. The Balaban J connectivity index is 1.54. The molecule has 4 heterocycles. The third-order valence-corrected chi connectivity index (χ3v) is 9.87. The SMILES string of the molecule is CN1CCC2(CCOc3cc(C4CCOCC4)ccc3S(=O)(=O)N3C[C@H](O)C[C@H]3C(=O)N2)CC1. The van der Waals surface area contributed by atoms with Crippen molar-refractivity contribution in [3.8, 4) is 5.75 Å². The maximum absolute atomic E-state index is 13.8. The number of fused-ring (bicyclic) bond motifs is 2. The molecule has 1 spiro atoms. The number of likely N-dealkylation sites (tertiary alicyclic amines) is 1. The fourth-order valence-corrected chi connectivity index (χ4v) is 7.48. The van der Waals surface area contributed by atoms with Gasteiger partial charge in [-0.05, 0) is 56.3 Å². The van der Waals surface area contributed by atoms with Gasteiger partial charge in [-0.3, -0.25) is 4.79 Å². The largest absolute Gasteiger partial charge is 0.492 e. The van der Waals surface area contributed by atoms with Crippen LogP contribution in [0.15, 0.2) is 23.1 Å². The summed E-state index contributed by atoms with van der Waals surface area (Å²) in [5.41, 5.74) is 0.600. The summed E-state index contributed by atoms with van der Waals surface area (Å²) in [7, 11) is -1.98. The summed E-state index contributed by atoms with van der Waals surface area (Å²) in [4.78, 5) is 15.7. The quantitative estimate of drug-likeness (QED) is 0.602. The monoisotopic (exact) mass is 493 g/mol. The highest BCUT2D eigenvalue weighted by molar-refractivity contribution is 7.89. The minimum absolute atomic E-state index is 0.0644. The zero-order valence-electron chi connectivity index (χ0n) is 19.7. The molecule has 0 aliphatic carbocycles. The van der Waals surface area contributed by atoms with Crippen LogP contribution >= 0.6 is 0 Å². The van der Waals surface area contributed by atoms with Gasteiger partial charge >= 0.3 is 0 Å². The van der Waals surface area contributed by atoms with Gasteiger partial charge in [-0.1, -0.05) is 6.07 Å². The molecule has 0 radical (unpaired) electrons. The number of benzene rings is 1. The molecule has 0 unspecified atom stereocenters. The van der Waals surface area contributed by atoms with Crippen LogP contribution in [0.1, 0.15) is 50.0 Å². The lowest BCUT2D eigenvalue weighted by Gasteiger charge is -2.42. The van der Waals surface area contributed by atoms with Crippen molar-refractivity contribution in [2.45, 2.75) is 67.0 Å². The van der Waals surface area contributed by atoms with Crippen LogP contribution in [0.25, 0.3) is 0 Å². The number of hydrogen-bond donors (Lipinski definition) is 2. The molecule has 10 heteroatoms. The Morgan fingerprint density at radius 1 is 1.12 bits per heavy atom. The van der Waals surface area contributed by atoms with E-state index in [0.717, 1.165) is 48.6 Å². The number of aliphatic hydroxyl groups excluding tert-OH is 1. The van der Waals surface area contributed by atoms with Crippen molar-refractivity contribution in [2.75, 3.05) is 46.5 Å². The Kier molecular flexibility index (Phi) is 6.62. The Hall–Kier alpha value is -1.72. The molecule has 0 aromatic heterocycles. The minimum atomic E-state index is -4.04. The molecule has 34 heavy (non-hydrogen) atoms. The van der Waals surface area contributed by atoms with Crippen molar-refractivity contribution in [3.05, 3.63) is 23.8 Å². The lowest BCUT2D eigenvalue weighted by molar-refractivity contribution is -0.127. The summed E-state index contributed by atoms with van der Waals surface area (Å²) in [6.07, 6.45) is 3.14. The fraction of sp³-hybridized carbons (Fsp3) is 0.708. The van der Waals surface area contributed by atoms with Crippen LogP contribution in [0.3, 0.4) is 0 Å². The highest BCUT2D eigenvalue weighted by Gasteiger charge is 2.47. The van der Waals surface area contributed by atoms with Gasteiger partial charge in [-0.25, -0.2) is 8.42 Å². The number of carbonyl (C=O) groups excluding carboxylic acids is 1. The number of rotatable bonds is 1. The molecule has 1 aromatic rings. The average Bonchev–Trinajstić information content (AvgIpc) is 3.24. The van der Waals surface area contributed by atoms with Gasteiger partial charge in [0, 0.05) is 51.2 Å². The molecule has 2 atom stereocenters. The summed E-state index contributed by atoms with van der Waals surface area (Å²) in [6.45, 7) is 3.30. The Bertz CT molecular complexity index is 1020. The average molecular weight is 494 g/mol. The number of hydrogen-bond acceptors (Lipinski definition) is 7. The number of piperidine rings is 1. The lowest BCUT2D eigenvalue weighted by atomic mass is 9.84. The highest BCUT2D eigenvalue weighted by Crippen LogP contribution is 2.38. The molecule has 2 N–H and O–H groups in total. The number of amides is 1. The van der Waals surface area contributed by atoms with Gasteiger partial charge in [0.05, 0.1) is 12.7 Å². The molecule has 5 rings (SSSR count). The first kappa shape index (κ1) is 24.0. The second-order valence-corrected chi connectivity index (χ2v) is 12.1. The van der Waals surface area contributed by atoms with Gasteiger partial charge in [-0.15, -0.1) is 0 Å². The molecule has 0 bridgehead atoms. The van der Waals surface area contributed by atoms with Gasteiger partial charge < -0.3 is 24.8 Å². The van der Waals surface area contributed by atoms with Crippen LogP contribution in [0.4, 0.5) is 0 Å². The molecule has 3 saturated heterocycles. The van der Waals surface area contributed by atoms with Crippen LogP contribution < -0.4 is 10.1 Å². The summed E-state index contributed by atoms with van der Waals surface area (Å²) in [6, 6.07) is 4.39. The predicted octanol–water partition coefficient (Wildman–Crippen LogP) is 1.07. The minimum Gasteiger partial charge on any atom is -0.492 e. The maximum Gasteiger partial charge on any atom is 0.247 e. The van der Waals surface area contributed by atoms with Crippen LogP contribution in [-0.2, 0) is 19.6 Å². The van der Waals surface area contributed by atoms with Gasteiger partial charge in [0.1, 0.15) is 16.7 Å². The number of nitrogens with zero attached hydrogens (tertiary/aromatic N) is 2. The number of carbonyl (C=O) groups is 1. The zero-order chi connectivity index (χ0) is 23.9. The second kappa shape index (κ2) is 9.39. The molecule has 4 aliphatic rings. The van der Waals surface area contributed by atoms with Crippen LogP contribution in [-0.4, -0.2) is 92.8 Å². The van der Waals surface area contributed by atoms with Crippen molar-refractivity contribution in [1.82, 2.24) is 14.5 Å². The van der Waals surface area contributed by atoms with E-state index in [9.17, 15) is 18.3 Å². The third-order valence-electron chi connectivity index (χ3n) is 7.95. The van der Waals surface area contributed by atoms with E-state index in [-0.39, 0.29) is 23.8 Å². The van der Waals surface area contributed by atoms with E-state index in [1.807, 2.05) is 12.1 Å². The molecular formula is C24H35N3O6S. The van der Waals surface area contributed by atoms with Crippen molar-refractivity contribution in [1.29, 1.82) is 0 Å². The van der Waals surface area contributed by atoms with E-state index >= 15 is 0 Å². The molecule has 0 saturated carbocycles. The standard InChI is InChI=1S/C24H35N3O6S/c1-26-9-6-24(7-10-26)8-13-33-21-14-18(17-4-11-32-12-5-17)2-3-22(21)34(30,31)27-16-19(28)15-20(27)23(29)25-24/h2-3,14,17,19-20,28H,4-13,15-16H2,1H3,(H,25,29)/t19-,20+/m1/s1. The van der Waals surface area contributed by atoms with Crippen molar-refractivity contribution >= 4 is 15.9 Å². The lowest BCUT2D eigenvalue weighted by Crippen LogP contribution is -2.58. The number of aliphatic hydroxyl groups is 1. The number of sulfonamides is 1. The topological polar surface area (TPSA) is 108 Å². The van der Waals surface area contributed by atoms with Gasteiger partial charge in [0.15, 0.2) is 0 Å². The number of nitrogens with one attached hydrogen (secondary N) is 1. The van der Waals surface area contributed by atoms with Crippen LogP contribution in [0, 0.1) is 0 Å². The molecule has 1 amide bonds. The predicted molar refractivity (Wildman–Crippen MR) is 125 cm³/mol. The van der Waals surface area contributed by atoms with E-state index in [4.69, 9.17) is 9.47 Å². The zero-order valence-corrected chi connectivity index (χ0v) is 20.6. The smallest absolute Gasteiger partial charge is 0.247 e. The summed E-state index contributed by atoms with van der Waals surface area (Å²) >= 11 is 0. The first-order chi connectivity index (χ1) is 16.3.